The smallest absolute Gasteiger partial charge is 0.0982 e. The Labute approximate surface area is 60.0 Å². The molecule has 0 amide bonds. The second kappa shape index (κ2) is 4.02. The van der Waals surface area contributed by atoms with Crippen molar-refractivity contribution in [2.45, 2.75) is 0 Å². The molecule has 0 aliphatic carbocycles. The summed E-state index contributed by atoms with van der Waals surface area (Å²) in [6.07, 6.45) is 0. The zero-order valence-electron chi connectivity index (χ0n) is 5.46. The van der Waals surface area contributed by atoms with Gasteiger partial charge in [-0.15, -0.1) is 0 Å². The van der Waals surface area contributed by atoms with E-state index in [1.54, 1.807) is 0 Å². The van der Waals surface area contributed by atoms with Gasteiger partial charge in [-0.2, -0.15) is 4.83 Å². The van der Waals surface area contributed by atoms with Gasteiger partial charge in [-0.1, -0.05) is 9.82 Å². The third-order valence-corrected chi connectivity index (χ3v) is 1.27. The molecule has 0 bridgehead atoms. The first-order chi connectivity index (χ1) is 4.48. The van der Waals surface area contributed by atoms with Crippen molar-refractivity contribution in [2.24, 2.45) is 16.1 Å². The second-order valence-electron chi connectivity index (χ2n) is 1.50. The molecule has 0 aromatic rings. The van der Waals surface area contributed by atoms with Crippen molar-refractivity contribution >= 4 is 10.8 Å². The van der Waals surface area contributed by atoms with Crippen LogP contribution in [-0.4, -0.2) is 7.05 Å². The highest BCUT2D eigenvalue weighted by Gasteiger charge is 2.09. The van der Waals surface area contributed by atoms with E-state index in [2.05, 4.69) is 9.82 Å². The molecule has 0 saturated heterocycles. The van der Waals surface area contributed by atoms with E-state index in [1.165, 1.54) is 7.05 Å². The summed E-state index contributed by atoms with van der Waals surface area (Å²) in [4.78, 5) is 8.36. The van der Waals surface area contributed by atoms with Crippen molar-refractivity contribution in [1.82, 2.24) is 9.72 Å². The predicted molar refractivity (Wildman–Crippen MR) is 37.8 cm³/mol. The van der Waals surface area contributed by atoms with E-state index >= 15 is 0 Å². The van der Waals surface area contributed by atoms with Gasteiger partial charge >= 0.3 is 0 Å². The van der Waals surface area contributed by atoms with E-state index in [1.807, 2.05) is 4.83 Å². The van der Waals surface area contributed by atoms with Gasteiger partial charge in [-0.25, -0.2) is 5.23 Å². The summed E-state index contributed by atoms with van der Waals surface area (Å²) in [7, 11) is -1.17. The Morgan fingerprint density at radius 1 is 1.60 bits per heavy atom. The molecular formula is CH12N6O2S. The van der Waals surface area contributed by atoms with Crippen LogP contribution in [0.15, 0.2) is 0 Å². The Kier molecular flexibility index (Phi) is 4.04. The lowest BCUT2D eigenvalue weighted by Gasteiger charge is -2.29. The summed E-state index contributed by atoms with van der Waals surface area (Å²) in [6, 6.07) is 0. The van der Waals surface area contributed by atoms with Crippen molar-refractivity contribution in [3.05, 3.63) is 5.21 Å². The van der Waals surface area contributed by atoms with Gasteiger partial charge in [0, 0.05) is 10.8 Å². The van der Waals surface area contributed by atoms with Crippen LogP contribution in [-0.2, 0) is 4.94 Å². The molecule has 0 radical (unpaired) electrons. The number of nitrogens with one attached hydrogen (secondary N) is 3. The Morgan fingerprint density at radius 3 is 2.40 bits per heavy atom. The molecule has 1 atom stereocenters. The maximum absolute atomic E-state index is 10.2. The van der Waals surface area contributed by atoms with E-state index < -0.39 is 16.0 Å². The van der Waals surface area contributed by atoms with Gasteiger partial charge in [0.15, 0.2) is 0 Å². The van der Waals surface area contributed by atoms with Crippen molar-refractivity contribution in [3.8, 4) is 0 Å². The minimum atomic E-state index is -2.38. The average molecular weight is 172 g/mol. The summed E-state index contributed by atoms with van der Waals surface area (Å²) < 4.78 is 0. The molecule has 0 aromatic carbocycles. The minimum Gasteiger partial charge on any atom is -0.599 e. The Balaban J connectivity index is 3.46. The van der Waals surface area contributed by atoms with E-state index in [0.717, 1.165) is 0 Å². The minimum absolute atomic E-state index is 0.539. The maximum Gasteiger partial charge on any atom is 0.0982 e. The van der Waals surface area contributed by atoms with Gasteiger partial charge in [0.25, 0.3) is 0 Å². The van der Waals surface area contributed by atoms with Crippen molar-refractivity contribution in [2.75, 3.05) is 7.05 Å². The molecule has 9 heteroatoms. The van der Waals surface area contributed by atoms with Gasteiger partial charge in [-0.3, -0.25) is 16.1 Å². The third kappa shape index (κ3) is 4.87. The number of hydroxylamine groups is 2. The number of rotatable bonds is 4. The van der Waals surface area contributed by atoms with Crippen molar-refractivity contribution < 1.29 is 10.2 Å². The van der Waals surface area contributed by atoms with Crippen LogP contribution in [0, 0.1) is 5.21 Å². The fourth-order valence-electron chi connectivity index (χ4n) is 0.152. The summed E-state index contributed by atoms with van der Waals surface area (Å²) in [5.41, 5.74) is 0. The number of hydrogen-bond donors (Lipinski definition) is 6. The molecule has 0 rings (SSSR count). The summed E-state index contributed by atoms with van der Waals surface area (Å²) in [6.45, 7) is 0. The quantitative estimate of drug-likeness (QED) is 0.189. The molecule has 9 N–H and O–H groups in total. The van der Waals surface area contributed by atoms with Gasteiger partial charge in [0.2, 0.25) is 0 Å². The standard InChI is InChI=1S/CH12N6O2S/c1-7(8)9-6-10(3,4)5-2/h5-7H,2-4H2,1H3. The largest absolute Gasteiger partial charge is 0.599 e. The Bertz CT molecular complexity index is 95.7. The molecule has 64 valence electrons. The topological polar surface area (TPSA) is 139 Å². The molecule has 8 nitrogen and oxygen atoms in total. The maximum atomic E-state index is 10.2. The summed E-state index contributed by atoms with van der Waals surface area (Å²) in [5, 5.41) is 20.0. The van der Waals surface area contributed by atoms with Crippen LogP contribution in [0.4, 0.5) is 0 Å². The first-order valence-corrected chi connectivity index (χ1v) is 4.04. The fourth-order valence-corrected chi connectivity index (χ4v) is 0.455. The monoisotopic (exact) mass is 172 g/mol. The van der Waals surface area contributed by atoms with Crippen LogP contribution in [0.25, 0.3) is 0 Å². The molecule has 0 heterocycles. The first kappa shape index (κ1) is 10.0. The van der Waals surface area contributed by atoms with E-state index in [-0.39, 0.29) is 0 Å². The predicted octanol–water partition coefficient (Wildman–Crippen LogP) is -3.72. The van der Waals surface area contributed by atoms with Crippen LogP contribution in [0.3, 0.4) is 0 Å². The molecule has 0 aliphatic rings. The molecule has 10 heavy (non-hydrogen) atoms. The van der Waals surface area contributed by atoms with E-state index in [4.69, 9.17) is 16.1 Å². The molecule has 1 unspecified atom stereocenters. The van der Waals surface area contributed by atoms with Crippen LogP contribution < -0.4 is 31.1 Å². The highest BCUT2D eigenvalue weighted by Crippen LogP contribution is 2.12. The van der Waals surface area contributed by atoms with E-state index in [0.29, 0.717) is 0 Å². The van der Waals surface area contributed by atoms with Crippen LogP contribution in [0.5, 0.6) is 0 Å². The lowest BCUT2D eigenvalue weighted by Crippen LogP contribution is -3.04. The van der Waals surface area contributed by atoms with Gasteiger partial charge in [-0.05, 0) is 0 Å². The molecule has 0 fully saturated rings. The van der Waals surface area contributed by atoms with Crippen LogP contribution in [0.1, 0.15) is 0 Å². The number of hydrogen-bond acceptors (Lipinski definition) is 7. The van der Waals surface area contributed by atoms with Gasteiger partial charge in [0.05, 0.1) is 7.05 Å². The summed E-state index contributed by atoms with van der Waals surface area (Å²) >= 11 is 0. The number of nitrogens with two attached hydrogens (primary N) is 3. The normalized spacial score (nSPS) is 16.9. The zero-order chi connectivity index (χ0) is 8.20. The fraction of sp³-hybridized carbons (Fsp3) is 1.00. The molecular weight excluding hydrogens is 160 g/mol. The Morgan fingerprint density at radius 2 is 2.10 bits per heavy atom. The van der Waals surface area contributed by atoms with Gasteiger partial charge in [0.1, 0.15) is 0 Å². The average Bonchev–Trinajstić information content (AvgIpc) is 1.85. The molecule has 0 spiro atoms. The molecule has 0 saturated carbocycles. The zero-order valence-corrected chi connectivity index (χ0v) is 6.27. The van der Waals surface area contributed by atoms with Crippen molar-refractivity contribution in [3.63, 3.8) is 0 Å². The lowest BCUT2D eigenvalue weighted by atomic mass is 11.5. The van der Waals surface area contributed by atoms with E-state index in [9.17, 15) is 5.21 Å². The van der Waals surface area contributed by atoms with Crippen LogP contribution >= 0.6 is 10.8 Å². The SMILES string of the molecule is C[NH+]([O-])ONS(N)(N)NN. The number of hydrazine groups is 1. The molecule has 0 aromatic heterocycles. The highest BCUT2D eigenvalue weighted by atomic mass is 32.3. The number of quaternary nitrogens is 1. The Hall–Kier alpha value is 0.0300. The first-order valence-electron chi connectivity index (χ1n) is 2.28. The van der Waals surface area contributed by atoms with Crippen molar-refractivity contribution in [1.29, 1.82) is 0 Å². The summed E-state index contributed by atoms with van der Waals surface area (Å²) in [5.74, 6) is 4.88. The highest BCUT2D eigenvalue weighted by molar-refractivity contribution is 8.26. The lowest BCUT2D eigenvalue weighted by molar-refractivity contribution is -1.04. The van der Waals surface area contributed by atoms with Crippen LogP contribution in [0.2, 0.25) is 0 Å². The second-order valence-corrected chi connectivity index (χ2v) is 3.33. The molecule has 0 aliphatic heterocycles. The third-order valence-electron chi connectivity index (χ3n) is 0.518. The van der Waals surface area contributed by atoms with Gasteiger partial charge < -0.3 is 5.21 Å².